The second-order valence-electron chi connectivity index (χ2n) is 37.0. The summed E-state index contributed by atoms with van der Waals surface area (Å²) in [4.78, 5) is 55.6. The molecule has 0 radical (unpaired) electrons. The number of aromatic nitrogens is 13. The quantitative estimate of drug-likeness (QED) is 0.0839. The van der Waals surface area contributed by atoms with E-state index in [2.05, 4.69) is 308 Å². The number of fused-ring (bicyclic) bond motifs is 9. The van der Waals surface area contributed by atoms with Gasteiger partial charge in [0, 0.05) is 72.3 Å². The molecule has 0 unspecified atom stereocenters. The summed E-state index contributed by atoms with van der Waals surface area (Å²) in [6, 6.07) is 174. The largest absolute Gasteiger partial charge is 0.252 e. The number of hydrogen-bond donors (Lipinski definition) is 0. The maximum atomic E-state index is 5.42. The van der Waals surface area contributed by atoms with Gasteiger partial charge in [0.15, 0.2) is 5.82 Å². The summed E-state index contributed by atoms with van der Waals surface area (Å²) < 4.78 is 0. The molecule has 0 spiro atoms. The minimum Gasteiger partial charge on any atom is -0.252 e. The van der Waals surface area contributed by atoms with Crippen LogP contribution in [0.3, 0.4) is 0 Å². The molecule has 0 bridgehead atoms. The van der Waals surface area contributed by atoms with Crippen LogP contribution in [0.1, 0.15) is 0 Å². The van der Waals surface area contributed by atoms with Gasteiger partial charge in [-0.2, -0.15) is 0 Å². The Bertz CT molecular complexity index is 9400. The van der Waals surface area contributed by atoms with E-state index in [-0.39, 0.29) is 0 Å². The van der Waals surface area contributed by atoms with Gasteiger partial charge in [-0.3, -0.25) is 15.0 Å². The second kappa shape index (κ2) is 39.7. The van der Waals surface area contributed by atoms with Crippen LogP contribution in [0, 0.1) is 0 Å². The number of hydrogen-bond acceptors (Lipinski definition) is 13. The first-order chi connectivity index (χ1) is 74.4. The zero-order valence-electron chi connectivity index (χ0n) is 81.0. The lowest BCUT2D eigenvalue weighted by Gasteiger charge is -2.18. The summed E-state index contributed by atoms with van der Waals surface area (Å²) in [5.41, 5.74) is 35.9. The zero-order valence-corrected chi connectivity index (χ0v) is 81.0. The predicted octanol–water partition coefficient (Wildman–Crippen LogP) is 34.2. The molecule has 28 rings (SSSR count). The van der Waals surface area contributed by atoms with E-state index in [1.165, 1.54) is 27.5 Å². The van der Waals surface area contributed by atoms with Crippen molar-refractivity contribution < 1.29 is 0 Å². The highest BCUT2D eigenvalue weighted by molar-refractivity contribution is 6.24. The van der Waals surface area contributed by atoms with Crippen molar-refractivity contribution in [2.75, 3.05) is 0 Å². The summed E-state index contributed by atoms with van der Waals surface area (Å²) in [6.45, 7) is 0. The molecular weight excluding hydrogens is 1830 g/mol. The number of nitrogens with zero attached hydrogens (tertiary/aromatic N) is 13. The highest BCUT2D eigenvalue weighted by atomic mass is 15.2. The topological polar surface area (TPSA) is 168 Å². The van der Waals surface area contributed by atoms with Crippen LogP contribution < -0.4 is 0 Å². The average Bonchev–Trinajstić information content (AvgIpc) is 0.734. The van der Waals surface area contributed by atoms with Gasteiger partial charge in [0.2, 0.25) is 0 Å². The summed E-state index contributed by atoms with van der Waals surface area (Å²) in [5.74, 6) is 0.608. The number of para-hydroxylation sites is 6. The Balaban J connectivity index is 0.000000114. The van der Waals surface area contributed by atoms with Gasteiger partial charge in [-0.25, -0.2) is 39.9 Å². The summed E-state index contributed by atoms with van der Waals surface area (Å²) in [6.07, 6.45) is 7.56. The molecule has 700 valence electrons. The van der Waals surface area contributed by atoms with Gasteiger partial charge in [0.05, 0.1) is 121 Å². The Kier molecular flexibility index (Phi) is 23.7. The number of rotatable bonds is 16. The first kappa shape index (κ1) is 89.7. The van der Waals surface area contributed by atoms with Gasteiger partial charge >= 0.3 is 0 Å². The van der Waals surface area contributed by atoms with Crippen LogP contribution in [0.2, 0.25) is 0 Å². The standard InChI is InChI=1S/C50H32N4.C44H28N4.C43H27N5/c1-4-16-34(17-5-1)47-48(35-18-6-2-7-19-35)54-44(32-51-47)46-40-24-12-10-22-38(40)45(39-23-11-13-25-41(39)46)33-28-30-37(31-29-33)50-49(36-20-8-3-9-21-36)52-42-26-14-15-27-43(42)53-50;1-3-13-29(14-4-1)39-27-46-40(28-45-39)42-35-19-9-7-17-33(35)41(34-18-8-10-20-36(34)42)30-23-25-32(26-24-30)44-43(31-15-5-2-6-16-31)47-37-21-11-12-22-38(37)48-44;1-3-13-29(14-4-1)41-42(46-37-22-12-11-21-36(37)45-41)30-25-23-28(24-26-30)39-32-17-7-9-19-34(32)40(35-20-10-8-18-33(35)39)38-27-44-43(48-47-38)31-15-5-2-6-16-31/h1-32H;1-28H;1-27H. The third kappa shape index (κ3) is 17.1. The smallest absolute Gasteiger partial charge is 0.181 e. The summed E-state index contributed by atoms with van der Waals surface area (Å²) in [5, 5.41) is 22.9. The monoisotopic (exact) mass is 1910 g/mol. The van der Waals surface area contributed by atoms with E-state index in [9.17, 15) is 0 Å². The molecule has 0 saturated carbocycles. The molecule has 13 nitrogen and oxygen atoms in total. The Morgan fingerprint density at radius 3 is 0.567 bits per heavy atom. The van der Waals surface area contributed by atoms with Crippen LogP contribution >= 0.6 is 0 Å². The first-order valence-electron chi connectivity index (χ1n) is 50.1. The molecule has 28 aromatic rings. The highest BCUT2D eigenvalue weighted by Gasteiger charge is 2.27. The minimum atomic E-state index is 0.608. The predicted molar refractivity (Wildman–Crippen MR) is 615 cm³/mol. The van der Waals surface area contributed by atoms with E-state index in [0.29, 0.717) is 5.82 Å². The molecule has 6 heterocycles. The van der Waals surface area contributed by atoms with Crippen LogP contribution in [0.4, 0.5) is 0 Å². The van der Waals surface area contributed by atoms with E-state index in [1.54, 1.807) is 0 Å². The molecule has 0 atom stereocenters. The van der Waals surface area contributed by atoms with Crippen LogP contribution in [-0.4, -0.2) is 65.0 Å². The lowest BCUT2D eigenvalue weighted by Crippen LogP contribution is -1.98. The third-order valence-electron chi connectivity index (χ3n) is 27.9. The minimum absolute atomic E-state index is 0.608. The van der Waals surface area contributed by atoms with Gasteiger partial charge in [0.25, 0.3) is 0 Å². The van der Waals surface area contributed by atoms with Crippen molar-refractivity contribution >= 4 is 97.7 Å². The Hall–Kier alpha value is -20.4. The summed E-state index contributed by atoms with van der Waals surface area (Å²) >= 11 is 0. The second-order valence-corrected chi connectivity index (χ2v) is 37.0. The van der Waals surface area contributed by atoms with Crippen molar-refractivity contribution in [3.05, 3.63) is 528 Å². The Labute approximate surface area is 864 Å². The van der Waals surface area contributed by atoms with Crippen LogP contribution in [-0.2, 0) is 0 Å². The lowest BCUT2D eigenvalue weighted by atomic mass is 9.87. The molecule has 22 aromatic carbocycles. The fourth-order valence-electron chi connectivity index (χ4n) is 21.0. The van der Waals surface area contributed by atoms with E-state index < -0.39 is 0 Å². The molecule has 0 aliphatic carbocycles. The van der Waals surface area contributed by atoms with Gasteiger partial charge in [0.1, 0.15) is 5.69 Å². The van der Waals surface area contributed by atoms with Crippen molar-refractivity contribution in [3.8, 4) is 180 Å². The van der Waals surface area contributed by atoms with E-state index in [1.807, 2.05) is 225 Å². The molecule has 13 heteroatoms. The average molecular weight is 1920 g/mol. The van der Waals surface area contributed by atoms with Crippen molar-refractivity contribution in [1.82, 2.24) is 65.0 Å². The maximum Gasteiger partial charge on any atom is 0.181 e. The molecule has 0 fully saturated rings. The van der Waals surface area contributed by atoms with Crippen molar-refractivity contribution in [3.63, 3.8) is 0 Å². The molecular formula is C137H87N13. The zero-order chi connectivity index (χ0) is 99.6. The van der Waals surface area contributed by atoms with E-state index in [0.717, 1.165) is 244 Å². The van der Waals surface area contributed by atoms with Crippen LogP contribution in [0.5, 0.6) is 0 Å². The fraction of sp³-hybridized carbons (Fsp3) is 0. The third-order valence-corrected chi connectivity index (χ3v) is 27.9. The van der Waals surface area contributed by atoms with E-state index in [4.69, 9.17) is 59.9 Å². The molecule has 0 amide bonds. The molecule has 0 aliphatic heterocycles. The van der Waals surface area contributed by atoms with Gasteiger partial charge in [-0.1, -0.05) is 467 Å². The van der Waals surface area contributed by atoms with Gasteiger partial charge in [-0.05, 0) is 134 Å². The van der Waals surface area contributed by atoms with Crippen LogP contribution in [0.25, 0.3) is 278 Å². The van der Waals surface area contributed by atoms with E-state index >= 15 is 0 Å². The van der Waals surface area contributed by atoms with Crippen LogP contribution in [0.15, 0.2) is 528 Å². The summed E-state index contributed by atoms with van der Waals surface area (Å²) in [7, 11) is 0. The molecule has 0 N–H and O–H groups in total. The molecule has 150 heavy (non-hydrogen) atoms. The SMILES string of the molecule is c1ccc(-c2cnc(-c3c4ccccc4c(-c4ccc(-c5nc6ccccc6nc5-c5ccccc5)cc4)c4ccccc34)cn2)cc1.c1ccc(-c2ncc(-c3c4ccccc4c(-c4ccc(-c5nc6ccccc6nc5-c5ccccc5)cc4)c4ccccc34)nc2-c2ccccc2)cc1.c1ccc(-c2ncc(-c3c4ccccc4c(-c4ccc(-c5nc6ccccc6nc5-c5ccccc5)cc4)c4ccccc34)nn2)cc1. The lowest BCUT2D eigenvalue weighted by molar-refractivity contribution is 0.989. The first-order valence-corrected chi connectivity index (χ1v) is 50.1. The van der Waals surface area contributed by atoms with Gasteiger partial charge in [-0.15, -0.1) is 10.2 Å². The molecule has 0 saturated heterocycles. The fourth-order valence-corrected chi connectivity index (χ4v) is 21.0. The van der Waals surface area contributed by atoms with Crippen molar-refractivity contribution in [2.24, 2.45) is 0 Å². The Morgan fingerprint density at radius 2 is 0.300 bits per heavy atom. The maximum absolute atomic E-state index is 5.42. The van der Waals surface area contributed by atoms with Crippen molar-refractivity contribution in [2.45, 2.75) is 0 Å². The molecule has 6 aromatic heterocycles. The highest BCUT2D eigenvalue weighted by Crippen LogP contribution is 2.50. The Morgan fingerprint density at radius 1 is 0.107 bits per heavy atom. The number of benzene rings is 22. The normalized spacial score (nSPS) is 11.3. The molecule has 0 aliphatic rings. The van der Waals surface area contributed by atoms with Crippen molar-refractivity contribution in [1.29, 1.82) is 0 Å². The van der Waals surface area contributed by atoms with Gasteiger partial charge < -0.3 is 0 Å².